The summed E-state index contributed by atoms with van der Waals surface area (Å²) in [5, 5.41) is 9.16. The Morgan fingerprint density at radius 1 is 1.07 bits per heavy atom. The van der Waals surface area contributed by atoms with Crippen LogP contribution in [0, 0.1) is 5.92 Å². The largest absolute Gasteiger partial charge is 0.494 e. The van der Waals surface area contributed by atoms with Crippen molar-refractivity contribution in [2.75, 3.05) is 25.0 Å². The Morgan fingerprint density at radius 2 is 1.73 bits per heavy atom. The minimum absolute atomic E-state index is 0. The summed E-state index contributed by atoms with van der Waals surface area (Å²) in [6.07, 6.45) is 2.04. The lowest BCUT2D eigenvalue weighted by Crippen LogP contribution is -2.48. The van der Waals surface area contributed by atoms with Crippen molar-refractivity contribution in [1.82, 2.24) is 10.6 Å². The molecule has 1 heterocycles. The standard InChI is InChI=1S/C23H29N3O3.ClH/c1-2-29-20-10-8-19(9-11-20)25-23(28)21(16-17-6-4-3-5-7-17)26-22(27)18-12-14-24-15-13-18;/h3-11,18,21,24H,2,12-16H2,1H3,(H,25,28)(H,26,27);1H. The number of carbonyl (C=O) groups excluding carboxylic acids is 2. The van der Waals surface area contributed by atoms with E-state index in [1.54, 1.807) is 12.1 Å². The molecule has 0 saturated carbocycles. The van der Waals surface area contributed by atoms with Gasteiger partial charge in [-0.3, -0.25) is 9.59 Å². The average Bonchev–Trinajstić information content (AvgIpc) is 2.76. The number of piperidine rings is 1. The van der Waals surface area contributed by atoms with Crippen molar-refractivity contribution in [3.8, 4) is 5.75 Å². The quantitative estimate of drug-likeness (QED) is 0.599. The van der Waals surface area contributed by atoms with Crippen molar-refractivity contribution in [1.29, 1.82) is 0 Å². The van der Waals surface area contributed by atoms with E-state index < -0.39 is 6.04 Å². The predicted octanol–water partition coefficient (Wildman–Crippen LogP) is 3.17. The molecule has 30 heavy (non-hydrogen) atoms. The second kappa shape index (κ2) is 12.2. The molecule has 0 spiro atoms. The Kier molecular flexibility index (Phi) is 9.64. The molecular weight excluding hydrogens is 402 g/mol. The zero-order valence-corrected chi connectivity index (χ0v) is 18.0. The topological polar surface area (TPSA) is 79.5 Å². The van der Waals surface area contributed by atoms with Crippen LogP contribution in [0.25, 0.3) is 0 Å². The number of amides is 2. The maximum absolute atomic E-state index is 13.0. The van der Waals surface area contributed by atoms with Crippen molar-refractivity contribution in [2.24, 2.45) is 5.92 Å². The molecule has 2 aromatic carbocycles. The predicted molar refractivity (Wildman–Crippen MR) is 121 cm³/mol. The fraction of sp³-hybridized carbons (Fsp3) is 0.391. The van der Waals surface area contributed by atoms with Crippen LogP contribution in [0.2, 0.25) is 0 Å². The minimum Gasteiger partial charge on any atom is -0.494 e. The van der Waals surface area contributed by atoms with Gasteiger partial charge in [0.25, 0.3) is 0 Å². The summed E-state index contributed by atoms with van der Waals surface area (Å²) < 4.78 is 5.44. The Labute approximate surface area is 184 Å². The monoisotopic (exact) mass is 431 g/mol. The fourth-order valence-corrected chi connectivity index (χ4v) is 3.46. The van der Waals surface area contributed by atoms with E-state index in [0.717, 1.165) is 37.2 Å². The maximum Gasteiger partial charge on any atom is 0.247 e. The first-order valence-electron chi connectivity index (χ1n) is 10.2. The van der Waals surface area contributed by atoms with Crippen LogP contribution in [0.5, 0.6) is 5.75 Å². The van der Waals surface area contributed by atoms with Crippen molar-refractivity contribution < 1.29 is 14.3 Å². The number of anilines is 1. The Hall–Kier alpha value is -2.57. The summed E-state index contributed by atoms with van der Waals surface area (Å²) in [5.74, 6) is 0.438. The number of carbonyl (C=O) groups is 2. The van der Waals surface area contributed by atoms with E-state index in [1.807, 2.05) is 49.4 Å². The van der Waals surface area contributed by atoms with Gasteiger partial charge in [0.05, 0.1) is 6.61 Å². The fourth-order valence-electron chi connectivity index (χ4n) is 3.46. The van der Waals surface area contributed by atoms with Crippen LogP contribution in [-0.4, -0.2) is 37.6 Å². The van der Waals surface area contributed by atoms with Crippen molar-refractivity contribution in [3.05, 3.63) is 60.2 Å². The highest BCUT2D eigenvalue weighted by Crippen LogP contribution is 2.17. The lowest BCUT2D eigenvalue weighted by atomic mass is 9.96. The van der Waals surface area contributed by atoms with Crippen LogP contribution in [0.4, 0.5) is 5.69 Å². The summed E-state index contributed by atoms with van der Waals surface area (Å²) in [6.45, 7) is 4.18. The van der Waals surface area contributed by atoms with E-state index in [9.17, 15) is 9.59 Å². The zero-order valence-electron chi connectivity index (χ0n) is 17.2. The Balaban J connectivity index is 0.00000320. The number of hydrogen-bond acceptors (Lipinski definition) is 4. The molecule has 1 aliphatic rings. The smallest absolute Gasteiger partial charge is 0.247 e. The number of hydrogen-bond donors (Lipinski definition) is 3. The first-order valence-corrected chi connectivity index (χ1v) is 10.2. The van der Waals surface area contributed by atoms with Crippen molar-refractivity contribution in [3.63, 3.8) is 0 Å². The Bertz CT molecular complexity index is 793. The van der Waals surface area contributed by atoms with E-state index in [0.29, 0.717) is 18.7 Å². The van der Waals surface area contributed by atoms with Gasteiger partial charge in [0.1, 0.15) is 11.8 Å². The van der Waals surface area contributed by atoms with Crippen LogP contribution in [0.1, 0.15) is 25.3 Å². The molecule has 1 unspecified atom stereocenters. The molecule has 0 aromatic heterocycles. The number of halogens is 1. The Morgan fingerprint density at radius 3 is 2.37 bits per heavy atom. The molecule has 2 aromatic rings. The second-order valence-electron chi connectivity index (χ2n) is 7.22. The second-order valence-corrected chi connectivity index (χ2v) is 7.22. The third kappa shape index (κ3) is 7.04. The molecule has 1 fully saturated rings. The van der Waals surface area contributed by atoms with Gasteiger partial charge in [-0.25, -0.2) is 0 Å². The highest BCUT2D eigenvalue weighted by atomic mass is 35.5. The highest BCUT2D eigenvalue weighted by Gasteiger charge is 2.27. The molecular formula is C23H30ClN3O3. The van der Waals surface area contributed by atoms with E-state index in [2.05, 4.69) is 16.0 Å². The zero-order chi connectivity index (χ0) is 20.5. The third-order valence-electron chi connectivity index (χ3n) is 5.06. The molecule has 1 aliphatic heterocycles. The van der Waals surface area contributed by atoms with Gasteiger partial charge >= 0.3 is 0 Å². The van der Waals surface area contributed by atoms with E-state index in [4.69, 9.17) is 4.74 Å². The SMILES string of the molecule is CCOc1ccc(NC(=O)C(Cc2ccccc2)NC(=O)C2CCNCC2)cc1.Cl. The van der Waals surface area contributed by atoms with E-state index in [1.165, 1.54) is 0 Å². The van der Waals surface area contributed by atoms with Crippen LogP contribution in [0.15, 0.2) is 54.6 Å². The van der Waals surface area contributed by atoms with Crippen LogP contribution < -0.4 is 20.7 Å². The normalized spacial score (nSPS) is 14.8. The number of benzene rings is 2. The molecule has 162 valence electrons. The van der Waals surface area contributed by atoms with Gasteiger partial charge in [0.2, 0.25) is 11.8 Å². The van der Waals surface area contributed by atoms with Gasteiger partial charge in [-0.05, 0) is 62.7 Å². The maximum atomic E-state index is 13.0. The van der Waals surface area contributed by atoms with Gasteiger partial charge in [0, 0.05) is 18.0 Å². The summed E-state index contributed by atoms with van der Waals surface area (Å²) in [7, 11) is 0. The lowest BCUT2D eigenvalue weighted by Gasteiger charge is -2.25. The number of rotatable bonds is 8. The molecule has 1 atom stereocenters. The molecule has 7 heteroatoms. The third-order valence-corrected chi connectivity index (χ3v) is 5.06. The summed E-state index contributed by atoms with van der Waals surface area (Å²) in [4.78, 5) is 25.7. The van der Waals surface area contributed by atoms with Gasteiger partial charge in [-0.2, -0.15) is 0 Å². The first kappa shape index (κ1) is 23.7. The summed E-state index contributed by atoms with van der Waals surface area (Å²) in [6, 6.07) is 16.3. The lowest BCUT2D eigenvalue weighted by molar-refractivity contribution is -0.129. The molecule has 0 aliphatic carbocycles. The molecule has 0 radical (unpaired) electrons. The molecule has 0 bridgehead atoms. The minimum atomic E-state index is -0.633. The molecule has 1 saturated heterocycles. The molecule has 3 rings (SSSR count). The van der Waals surface area contributed by atoms with E-state index >= 15 is 0 Å². The van der Waals surface area contributed by atoms with Crippen LogP contribution in [-0.2, 0) is 16.0 Å². The molecule has 2 amide bonds. The van der Waals surface area contributed by atoms with Gasteiger partial charge in [-0.15, -0.1) is 12.4 Å². The van der Waals surface area contributed by atoms with Gasteiger partial charge in [0.15, 0.2) is 0 Å². The first-order chi connectivity index (χ1) is 14.2. The van der Waals surface area contributed by atoms with Crippen LogP contribution in [0.3, 0.4) is 0 Å². The summed E-state index contributed by atoms with van der Waals surface area (Å²) in [5.41, 5.74) is 1.68. The van der Waals surface area contributed by atoms with Crippen molar-refractivity contribution in [2.45, 2.75) is 32.2 Å². The van der Waals surface area contributed by atoms with Gasteiger partial charge in [-0.1, -0.05) is 30.3 Å². The summed E-state index contributed by atoms with van der Waals surface area (Å²) >= 11 is 0. The van der Waals surface area contributed by atoms with E-state index in [-0.39, 0.29) is 30.1 Å². The highest BCUT2D eigenvalue weighted by molar-refractivity contribution is 5.97. The molecule has 3 N–H and O–H groups in total. The number of nitrogens with one attached hydrogen (secondary N) is 3. The van der Waals surface area contributed by atoms with Crippen molar-refractivity contribution >= 4 is 29.9 Å². The number of ether oxygens (including phenoxy) is 1. The molecule has 6 nitrogen and oxygen atoms in total. The van der Waals surface area contributed by atoms with Crippen LogP contribution >= 0.6 is 12.4 Å². The van der Waals surface area contributed by atoms with Gasteiger partial charge < -0.3 is 20.7 Å². The average molecular weight is 432 g/mol.